The summed E-state index contributed by atoms with van der Waals surface area (Å²) in [5.74, 6) is 0. The van der Waals surface area contributed by atoms with E-state index in [1.165, 1.54) is 18.6 Å². The van der Waals surface area contributed by atoms with Crippen LogP contribution >= 0.6 is 0 Å². The lowest BCUT2D eigenvalue weighted by Crippen LogP contribution is -2.29. The first-order chi connectivity index (χ1) is 7.98. The third-order valence-corrected chi connectivity index (χ3v) is 3.39. The van der Waals surface area contributed by atoms with Gasteiger partial charge in [0.25, 0.3) is 0 Å². The zero-order valence-electron chi connectivity index (χ0n) is 9.80. The number of rotatable bonds is 1. The molecule has 1 saturated heterocycles. The molecule has 1 unspecified atom stereocenters. The summed E-state index contributed by atoms with van der Waals surface area (Å²) in [6, 6.07) is 5.84. The summed E-state index contributed by atoms with van der Waals surface area (Å²) >= 11 is 0. The quantitative estimate of drug-likeness (QED) is 0.724. The highest BCUT2D eigenvalue weighted by Crippen LogP contribution is 2.33. The van der Waals surface area contributed by atoms with Gasteiger partial charge in [-0.15, -0.1) is 0 Å². The van der Waals surface area contributed by atoms with E-state index in [2.05, 4.69) is 4.90 Å². The molecular formula is C13H16F3N. The van der Waals surface area contributed by atoms with E-state index in [4.69, 9.17) is 0 Å². The van der Waals surface area contributed by atoms with Crippen molar-refractivity contribution in [3.63, 3.8) is 0 Å². The van der Waals surface area contributed by atoms with Gasteiger partial charge in [-0.3, -0.25) is 4.90 Å². The van der Waals surface area contributed by atoms with Crippen LogP contribution in [0.25, 0.3) is 0 Å². The van der Waals surface area contributed by atoms with E-state index >= 15 is 0 Å². The molecule has 0 aliphatic carbocycles. The van der Waals surface area contributed by atoms with Crippen molar-refractivity contribution in [1.82, 2.24) is 4.90 Å². The third kappa shape index (κ3) is 2.80. The van der Waals surface area contributed by atoms with Crippen LogP contribution in [0.5, 0.6) is 0 Å². The van der Waals surface area contributed by atoms with Gasteiger partial charge in [0.05, 0.1) is 5.56 Å². The molecule has 0 radical (unpaired) electrons. The van der Waals surface area contributed by atoms with Gasteiger partial charge in [-0.25, -0.2) is 0 Å². The lowest BCUT2D eigenvalue weighted by Gasteiger charge is -2.32. The van der Waals surface area contributed by atoms with Crippen molar-refractivity contribution in [3.8, 4) is 0 Å². The summed E-state index contributed by atoms with van der Waals surface area (Å²) in [5, 5.41) is 0. The molecule has 1 nitrogen and oxygen atoms in total. The number of halogens is 3. The van der Waals surface area contributed by atoms with Gasteiger partial charge in [0.1, 0.15) is 0 Å². The average molecular weight is 243 g/mol. The molecule has 0 bridgehead atoms. The van der Waals surface area contributed by atoms with Crippen LogP contribution in [0.4, 0.5) is 13.2 Å². The fourth-order valence-electron chi connectivity index (χ4n) is 2.39. The fourth-order valence-corrected chi connectivity index (χ4v) is 2.39. The Morgan fingerprint density at radius 3 is 2.29 bits per heavy atom. The van der Waals surface area contributed by atoms with Crippen LogP contribution in [0.2, 0.25) is 0 Å². The zero-order valence-corrected chi connectivity index (χ0v) is 9.80. The van der Waals surface area contributed by atoms with Crippen molar-refractivity contribution in [1.29, 1.82) is 0 Å². The van der Waals surface area contributed by atoms with Crippen LogP contribution in [-0.4, -0.2) is 18.5 Å². The van der Waals surface area contributed by atoms with E-state index in [-0.39, 0.29) is 6.04 Å². The van der Waals surface area contributed by atoms with Crippen LogP contribution in [0.15, 0.2) is 24.3 Å². The molecule has 1 aromatic rings. The largest absolute Gasteiger partial charge is 0.416 e. The van der Waals surface area contributed by atoms with Crippen molar-refractivity contribution < 1.29 is 13.2 Å². The van der Waals surface area contributed by atoms with Crippen LogP contribution in [0.1, 0.15) is 36.4 Å². The fraction of sp³-hybridized carbons (Fsp3) is 0.538. The van der Waals surface area contributed by atoms with Crippen LogP contribution < -0.4 is 0 Å². The Bertz CT molecular complexity index is 369. The van der Waals surface area contributed by atoms with Crippen molar-refractivity contribution >= 4 is 0 Å². The zero-order chi connectivity index (χ0) is 12.5. The van der Waals surface area contributed by atoms with E-state index < -0.39 is 11.7 Å². The second-order valence-corrected chi connectivity index (χ2v) is 4.61. The van der Waals surface area contributed by atoms with Crippen LogP contribution in [-0.2, 0) is 6.18 Å². The Hall–Kier alpha value is -1.03. The normalized spacial score (nSPS) is 22.7. The van der Waals surface area contributed by atoms with E-state index in [9.17, 15) is 13.2 Å². The standard InChI is InChI=1S/C13H16F3N/c1-17-9-3-2-4-12(17)10-5-7-11(8-6-10)13(14,15)16/h5-8,12H,2-4,9H2,1H3. The summed E-state index contributed by atoms with van der Waals surface area (Å²) < 4.78 is 37.3. The molecule has 1 atom stereocenters. The first-order valence-electron chi connectivity index (χ1n) is 5.86. The van der Waals surface area contributed by atoms with Gasteiger partial charge >= 0.3 is 6.18 Å². The SMILES string of the molecule is CN1CCCCC1c1ccc(C(F)(F)F)cc1. The number of nitrogens with zero attached hydrogens (tertiary/aromatic N) is 1. The second-order valence-electron chi connectivity index (χ2n) is 4.61. The number of likely N-dealkylation sites (tertiary alicyclic amines) is 1. The van der Waals surface area contributed by atoms with E-state index in [1.54, 1.807) is 12.1 Å². The molecule has 0 amide bonds. The Balaban J connectivity index is 2.17. The molecule has 4 heteroatoms. The Kier molecular flexibility index (Phi) is 3.43. The van der Waals surface area contributed by atoms with Gasteiger partial charge in [0.15, 0.2) is 0 Å². The Morgan fingerprint density at radius 1 is 1.12 bits per heavy atom. The first kappa shape index (κ1) is 12.4. The molecule has 1 fully saturated rings. The molecule has 1 aliphatic rings. The van der Waals surface area contributed by atoms with E-state index in [0.717, 1.165) is 24.9 Å². The minimum atomic E-state index is -4.24. The molecule has 2 rings (SSSR count). The second kappa shape index (κ2) is 4.69. The lowest BCUT2D eigenvalue weighted by atomic mass is 9.95. The average Bonchev–Trinajstić information content (AvgIpc) is 2.29. The minimum Gasteiger partial charge on any atom is -0.299 e. The van der Waals surface area contributed by atoms with Crippen LogP contribution in [0.3, 0.4) is 0 Å². The molecular weight excluding hydrogens is 227 g/mol. The number of hydrogen-bond donors (Lipinski definition) is 0. The number of piperidine rings is 1. The minimum absolute atomic E-state index is 0.269. The molecule has 0 saturated carbocycles. The van der Waals surface area contributed by atoms with Gasteiger partial charge in [0, 0.05) is 6.04 Å². The third-order valence-electron chi connectivity index (χ3n) is 3.39. The summed E-state index contributed by atoms with van der Waals surface area (Å²) in [7, 11) is 2.03. The molecule has 1 aliphatic heterocycles. The summed E-state index contributed by atoms with van der Waals surface area (Å²) in [6.07, 6.45) is -0.886. The summed E-state index contributed by atoms with van der Waals surface area (Å²) in [5.41, 5.74) is 0.417. The summed E-state index contributed by atoms with van der Waals surface area (Å²) in [6.45, 7) is 1.02. The van der Waals surface area contributed by atoms with Crippen molar-refractivity contribution in [2.75, 3.05) is 13.6 Å². The van der Waals surface area contributed by atoms with Crippen molar-refractivity contribution in [3.05, 3.63) is 35.4 Å². The molecule has 94 valence electrons. The predicted octanol–water partition coefficient (Wildman–Crippen LogP) is 3.86. The number of alkyl halides is 3. The first-order valence-corrected chi connectivity index (χ1v) is 5.86. The highest BCUT2D eigenvalue weighted by molar-refractivity contribution is 5.27. The van der Waals surface area contributed by atoms with E-state index in [0.29, 0.717) is 0 Å². The highest BCUT2D eigenvalue weighted by Gasteiger charge is 2.30. The van der Waals surface area contributed by atoms with E-state index in [1.807, 2.05) is 7.05 Å². The highest BCUT2D eigenvalue weighted by atomic mass is 19.4. The molecule has 17 heavy (non-hydrogen) atoms. The van der Waals surface area contributed by atoms with Crippen LogP contribution in [0, 0.1) is 0 Å². The maximum atomic E-state index is 12.4. The van der Waals surface area contributed by atoms with Gasteiger partial charge in [-0.1, -0.05) is 18.6 Å². The molecule has 1 heterocycles. The predicted molar refractivity (Wildman–Crippen MR) is 60.7 cm³/mol. The molecule has 0 aromatic heterocycles. The van der Waals surface area contributed by atoms with Gasteiger partial charge in [0.2, 0.25) is 0 Å². The maximum absolute atomic E-state index is 12.4. The van der Waals surface area contributed by atoms with Gasteiger partial charge in [-0.05, 0) is 44.1 Å². The topological polar surface area (TPSA) is 3.24 Å². The van der Waals surface area contributed by atoms with Crippen molar-refractivity contribution in [2.45, 2.75) is 31.5 Å². The summed E-state index contributed by atoms with van der Waals surface area (Å²) in [4.78, 5) is 2.21. The number of benzene rings is 1. The smallest absolute Gasteiger partial charge is 0.299 e. The van der Waals surface area contributed by atoms with Gasteiger partial charge < -0.3 is 0 Å². The maximum Gasteiger partial charge on any atom is 0.416 e. The lowest BCUT2D eigenvalue weighted by molar-refractivity contribution is -0.137. The Morgan fingerprint density at radius 2 is 1.76 bits per heavy atom. The van der Waals surface area contributed by atoms with Crippen molar-refractivity contribution in [2.24, 2.45) is 0 Å². The molecule has 1 aromatic carbocycles. The molecule has 0 spiro atoms. The number of hydrogen-bond acceptors (Lipinski definition) is 1. The Labute approximate surface area is 99.2 Å². The molecule has 0 N–H and O–H groups in total. The monoisotopic (exact) mass is 243 g/mol. The van der Waals surface area contributed by atoms with Gasteiger partial charge in [-0.2, -0.15) is 13.2 Å².